The van der Waals surface area contributed by atoms with Crippen molar-refractivity contribution in [2.45, 2.75) is 19.4 Å². The molecule has 0 saturated carbocycles. The molecular formula is C25H23ClN2. The molecule has 4 rings (SSSR count). The predicted molar refractivity (Wildman–Crippen MR) is 118 cm³/mol. The SMILES string of the molecule is Clc1ncc(Cc2cccc3ccccc23)cc1CCNCc1ccccc1. The quantitative estimate of drug-likeness (QED) is 0.320. The number of aromatic nitrogens is 1. The fourth-order valence-electron chi connectivity index (χ4n) is 3.53. The van der Waals surface area contributed by atoms with Gasteiger partial charge >= 0.3 is 0 Å². The van der Waals surface area contributed by atoms with E-state index >= 15 is 0 Å². The lowest BCUT2D eigenvalue weighted by Gasteiger charge is -2.10. The van der Waals surface area contributed by atoms with Gasteiger partial charge in [0.1, 0.15) is 5.15 Å². The van der Waals surface area contributed by atoms with Crippen LogP contribution in [0.2, 0.25) is 5.15 Å². The van der Waals surface area contributed by atoms with Gasteiger partial charge in [0.2, 0.25) is 0 Å². The van der Waals surface area contributed by atoms with Crippen LogP contribution in [0, 0.1) is 0 Å². The van der Waals surface area contributed by atoms with E-state index in [1.807, 2.05) is 12.3 Å². The Kier molecular flexibility index (Phi) is 6.01. The Balaban J connectivity index is 1.43. The van der Waals surface area contributed by atoms with E-state index in [0.717, 1.165) is 31.5 Å². The van der Waals surface area contributed by atoms with E-state index in [1.54, 1.807) is 0 Å². The maximum absolute atomic E-state index is 6.35. The van der Waals surface area contributed by atoms with Gasteiger partial charge in [-0.05, 0) is 52.4 Å². The Morgan fingerprint density at radius 3 is 2.46 bits per heavy atom. The summed E-state index contributed by atoms with van der Waals surface area (Å²) in [7, 11) is 0. The molecular weight excluding hydrogens is 364 g/mol. The first-order valence-corrected chi connectivity index (χ1v) is 10.0. The molecule has 0 amide bonds. The van der Waals surface area contributed by atoms with Crippen molar-refractivity contribution in [2.75, 3.05) is 6.54 Å². The predicted octanol–water partition coefficient (Wildman–Crippen LogP) is 5.81. The standard InChI is InChI=1S/C25H23ClN2/c26-25-23(13-14-27-17-19-7-2-1-3-8-19)16-20(18-28-25)15-22-11-6-10-21-9-4-5-12-24(21)22/h1-12,16,18,27H,13-15,17H2. The minimum Gasteiger partial charge on any atom is -0.312 e. The Bertz CT molecular complexity index is 1060. The van der Waals surface area contributed by atoms with Gasteiger partial charge in [-0.15, -0.1) is 0 Å². The third-order valence-electron chi connectivity index (χ3n) is 4.99. The zero-order chi connectivity index (χ0) is 19.2. The molecule has 0 bridgehead atoms. The monoisotopic (exact) mass is 386 g/mol. The fraction of sp³-hybridized carbons (Fsp3) is 0.160. The molecule has 2 nitrogen and oxygen atoms in total. The van der Waals surface area contributed by atoms with E-state index in [1.165, 1.54) is 27.5 Å². The lowest BCUT2D eigenvalue weighted by Crippen LogP contribution is -2.17. The third kappa shape index (κ3) is 4.59. The first kappa shape index (κ1) is 18.7. The minimum absolute atomic E-state index is 0.600. The van der Waals surface area contributed by atoms with Crippen molar-refractivity contribution >= 4 is 22.4 Å². The van der Waals surface area contributed by atoms with E-state index in [0.29, 0.717) is 5.15 Å². The number of fused-ring (bicyclic) bond motifs is 1. The average molecular weight is 387 g/mol. The topological polar surface area (TPSA) is 24.9 Å². The summed E-state index contributed by atoms with van der Waals surface area (Å²) < 4.78 is 0. The van der Waals surface area contributed by atoms with Crippen molar-refractivity contribution in [3.05, 3.63) is 112 Å². The van der Waals surface area contributed by atoms with Crippen LogP contribution >= 0.6 is 11.6 Å². The number of hydrogen-bond acceptors (Lipinski definition) is 2. The second-order valence-corrected chi connectivity index (χ2v) is 7.38. The molecule has 4 aromatic rings. The molecule has 1 aromatic heterocycles. The summed E-state index contributed by atoms with van der Waals surface area (Å²) in [5, 5.41) is 6.65. The summed E-state index contributed by atoms with van der Waals surface area (Å²) in [5.74, 6) is 0. The Morgan fingerprint density at radius 1 is 0.786 bits per heavy atom. The number of benzene rings is 3. The number of rotatable bonds is 7. The number of nitrogens with zero attached hydrogens (tertiary/aromatic N) is 1. The Labute approximate surface area is 171 Å². The highest BCUT2D eigenvalue weighted by Crippen LogP contribution is 2.23. The molecule has 0 radical (unpaired) electrons. The van der Waals surface area contributed by atoms with Crippen molar-refractivity contribution in [3.63, 3.8) is 0 Å². The molecule has 0 fully saturated rings. The Hall–Kier alpha value is -2.68. The molecule has 0 aliphatic rings. The number of pyridine rings is 1. The maximum Gasteiger partial charge on any atom is 0.132 e. The minimum atomic E-state index is 0.600. The molecule has 3 heteroatoms. The number of nitrogens with one attached hydrogen (secondary N) is 1. The van der Waals surface area contributed by atoms with Gasteiger partial charge in [0.05, 0.1) is 0 Å². The lowest BCUT2D eigenvalue weighted by atomic mass is 9.98. The van der Waals surface area contributed by atoms with Crippen molar-refractivity contribution < 1.29 is 0 Å². The average Bonchev–Trinajstić information content (AvgIpc) is 2.74. The van der Waals surface area contributed by atoms with Gasteiger partial charge in [-0.2, -0.15) is 0 Å². The first-order valence-electron chi connectivity index (χ1n) is 9.64. The van der Waals surface area contributed by atoms with Crippen LogP contribution < -0.4 is 5.32 Å². The highest BCUT2D eigenvalue weighted by molar-refractivity contribution is 6.30. The van der Waals surface area contributed by atoms with Crippen molar-refractivity contribution in [3.8, 4) is 0 Å². The van der Waals surface area contributed by atoms with Crippen molar-refractivity contribution in [1.29, 1.82) is 0 Å². The van der Waals surface area contributed by atoms with Crippen LogP contribution in [-0.4, -0.2) is 11.5 Å². The molecule has 140 valence electrons. The highest BCUT2D eigenvalue weighted by Gasteiger charge is 2.07. The summed E-state index contributed by atoms with van der Waals surface area (Å²) in [6, 6.07) is 27.6. The molecule has 0 aliphatic heterocycles. The van der Waals surface area contributed by atoms with Crippen LogP contribution in [0.3, 0.4) is 0 Å². The lowest BCUT2D eigenvalue weighted by molar-refractivity contribution is 0.685. The van der Waals surface area contributed by atoms with Crippen LogP contribution in [-0.2, 0) is 19.4 Å². The molecule has 0 atom stereocenters. The molecule has 0 aliphatic carbocycles. The molecule has 0 saturated heterocycles. The van der Waals surface area contributed by atoms with Gasteiger partial charge < -0.3 is 5.32 Å². The summed E-state index contributed by atoms with van der Waals surface area (Å²) in [5.41, 5.74) is 4.89. The maximum atomic E-state index is 6.35. The van der Waals surface area contributed by atoms with Gasteiger partial charge in [0, 0.05) is 12.7 Å². The van der Waals surface area contributed by atoms with E-state index in [9.17, 15) is 0 Å². The van der Waals surface area contributed by atoms with Crippen LogP contribution in [0.4, 0.5) is 0 Å². The third-order valence-corrected chi connectivity index (χ3v) is 5.33. The smallest absolute Gasteiger partial charge is 0.132 e. The zero-order valence-corrected chi connectivity index (χ0v) is 16.5. The molecule has 1 heterocycles. The first-order chi connectivity index (χ1) is 13.8. The van der Waals surface area contributed by atoms with Crippen LogP contribution in [0.1, 0.15) is 22.3 Å². The summed E-state index contributed by atoms with van der Waals surface area (Å²) in [6.45, 7) is 1.73. The number of hydrogen-bond donors (Lipinski definition) is 1. The second kappa shape index (κ2) is 9.01. The second-order valence-electron chi connectivity index (χ2n) is 7.02. The Morgan fingerprint density at radius 2 is 1.57 bits per heavy atom. The summed E-state index contributed by atoms with van der Waals surface area (Å²) in [4.78, 5) is 4.43. The van der Waals surface area contributed by atoms with E-state index in [4.69, 9.17) is 11.6 Å². The van der Waals surface area contributed by atoms with Crippen molar-refractivity contribution in [2.24, 2.45) is 0 Å². The molecule has 28 heavy (non-hydrogen) atoms. The van der Waals surface area contributed by atoms with Crippen LogP contribution in [0.15, 0.2) is 85.1 Å². The van der Waals surface area contributed by atoms with Gasteiger partial charge in [0.15, 0.2) is 0 Å². The molecule has 0 spiro atoms. The van der Waals surface area contributed by atoms with Crippen LogP contribution in [0.25, 0.3) is 10.8 Å². The normalized spacial score (nSPS) is 11.0. The molecule has 1 N–H and O–H groups in total. The molecule has 3 aromatic carbocycles. The fourth-order valence-corrected chi connectivity index (χ4v) is 3.73. The highest BCUT2D eigenvalue weighted by atomic mass is 35.5. The summed E-state index contributed by atoms with van der Waals surface area (Å²) >= 11 is 6.35. The number of halogens is 1. The van der Waals surface area contributed by atoms with Gasteiger partial charge in [-0.1, -0.05) is 90.5 Å². The van der Waals surface area contributed by atoms with Gasteiger partial charge in [0.25, 0.3) is 0 Å². The zero-order valence-electron chi connectivity index (χ0n) is 15.7. The largest absolute Gasteiger partial charge is 0.312 e. The summed E-state index contributed by atoms with van der Waals surface area (Å²) in [6.07, 6.45) is 3.61. The van der Waals surface area contributed by atoms with Gasteiger partial charge in [-0.3, -0.25) is 0 Å². The van der Waals surface area contributed by atoms with E-state index < -0.39 is 0 Å². The van der Waals surface area contributed by atoms with Gasteiger partial charge in [-0.25, -0.2) is 4.98 Å². The van der Waals surface area contributed by atoms with Crippen LogP contribution in [0.5, 0.6) is 0 Å². The molecule has 0 unspecified atom stereocenters. The van der Waals surface area contributed by atoms with Crippen molar-refractivity contribution in [1.82, 2.24) is 10.3 Å². The van der Waals surface area contributed by atoms with E-state index in [-0.39, 0.29) is 0 Å². The van der Waals surface area contributed by atoms with E-state index in [2.05, 4.69) is 83.1 Å².